The Balaban J connectivity index is 1.83. The van der Waals surface area contributed by atoms with E-state index in [4.69, 9.17) is 0 Å². The van der Waals surface area contributed by atoms with Crippen molar-refractivity contribution in [2.45, 2.75) is 52.0 Å². The third-order valence-corrected chi connectivity index (χ3v) is 5.64. The number of amides is 1. The number of nitrogens with zero attached hydrogens (tertiary/aromatic N) is 3. The summed E-state index contributed by atoms with van der Waals surface area (Å²) in [5.41, 5.74) is 1.72. The zero-order valence-corrected chi connectivity index (χ0v) is 14.8. The second-order valence-corrected chi connectivity index (χ2v) is 7.25. The minimum Gasteiger partial charge on any atom is -0.315 e. The minimum absolute atomic E-state index is 0.346. The largest absolute Gasteiger partial charge is 0.315 e. The van der Waals surface area contributed by atoms with Gasteiger partial charge in [-0.2, -0.15) is 10.4 Å². The highest BCUT2D eigenvalue weighted by atomic mass is 32.1. The summed E-state index contributed by atoms with van der Waals surface area (Å²) in [5, 5.41) is 16.6. The van der Waals surface area contributed by atoms with E-state index in [2.05, 4.69) is 16.5 Å². The maximum atomic E-state index is 12.8. The SMILES string of the molecule is Cc1cc(C(F)F)nn1C(C)C(=O)Nc1sc2c(c1C#N)CCCC2. The molecule has 1 N–H and O–H groups in total. The van der Waals surface area contributed by atoms with E-state index in [1.807, 2.05) is 0 Å². The van der Waals surface area contributed by atoms with Crippen LogP contribution in [0.25, 0.3) is 0 Å². The molecular weight excluding hydrogens is 346 g/mol. The first-order chi connectivity index (χ1) is 11.9. The van der Waals surface area contributed by atoms with Gasteiger partial charge in [0.25, 0.3) is 6.43 Å². The van der Waals surface area contributed by atoms with Gasteiger partial charge in [0.05, 0.1) is 5.56 Å². The highest BCUT2D eigenvalue weighted by molar-refractivity contribution is 7.16. The van der Waals surface area contributed by atoms with E-state index in [-0.39, 0.29) is 11.6 Å². The van der Waals surface area contributed by atoms with Crippen LogP contribution in [0.3, 0.4) is 0 Å². The molecule has 1 atom stereocenters. The van der Waals surface area contributed by atoms with Gasteiger partial charge in [-0.25, -0.2) is 8.78 Å². The van der Waals surface area contributed by atoms with Gasteiger partial charge in [-0.1, -0.05) is 0 Å². The fourth-order valence-corrected chi connectivity index (χ4v) is 4.35. The van der Waals surface area contributed by atoms with E-state index in [1.165, 1.54) is 22.1 Å². The molecule has 1 aliphatic carbocycles. The van der Waals surface area contributed by atoms with Crippen LogP contribution in [-0.2, 0) is 17.6 Å². The lowest BCUT2D eigenvalue weighted by atomic mass is 9.96. The summed E-state index contributed by atoms with van der Waals surface area (Å²) < 4.78 is 26.9. The maximum Gasteiger partial charge on any atom is 0.282 e. The van der Waals surface area contributed by atoms with Gasteiger partial charge < -0.3 is 5.32 Å². The quantitative estimate of drug-likeness (QED) is 0.886. The first-order valence-electron chi connectivity index (χ1n) is 8.12. The number of nitrogens with one attached hydrogen (secondary N) is 1. The summed E-state index contributed by atoms with van der Waals surface area (Å²) in [5.74, 6) is -0.373. The fraction of sp³-hybridized carbons (Fsp3) is 0.471. The van der Waals surface area contributed by atoms with Crippen molar-refractivity contribution in [1.29, 1.82) is 5.26 Å². The summed E-state index contributed by atoms with van der Waals surface area (Å²) in [6.45, 7) is 3.23. The summed E-state index contributed by atoms with van der Waals surface area (Å²) >= 11 is 1.44. The number of carbonyl (C=O) groups is 1. The van der Waals surface area contributed by atoms with E-state index in [0.717, 1.165) is 36.1 Å². The second kappa shape index (κ2) is 6.92. The van der Waals surface area contributed by atoms with Crippen molar-refractivity contribution in [3.8, 4) is 6.07 Å². The monoisotopic (exact) mass is 364 g/mol. The van der Waals surface area contributed by atoms with Gasteiger partial charge in [0.15, 0.2) is 0 Å². The van der Waals surface area contributed by atoms with Crippen LogP contribution in [-0.4, -0.2) is 15.7 Å². The average molecular weight is 364 g/mol. The number of thiophene rings is 1. The molecule has 0 radical (unpaired) electrons. The summed E-state index contributed by atoms with van der Waals surface area (Å²) in [4.78, 5) is 13.7. The van der Waals surface area contributed by atoms with Gasteiger partial charge in [-0.3, -0.25) is 9.48 Å². The predicted molar refractivity (Wildman–Crippen MR) is 90.9 cm³/mol. The van der Waals surface area contributed by atoms with Crippen LogP contribution >= 0.6 is 11.3 Å². The summed E-state index contributed by atoms with van der Waals surface area (Å²) in [6, 6.07) is 2.72. The molecule has 1 unspecified atom stereocenters. The Morgan fingerprint density at radius 2 is 2.16 bits per heavy atom. The minimum atomic E-state index is -2.68. The normalized spacial score (nSPS) is 14.9. The molecule has 0 fully saturated rings. The number of carbonyl (C=O) groups excluding carboxylic acids is 1. The molecule has 0 aliphatic heterocycles. The molecule has 2 aromatic rings. The van der Waals surface area contributed by atoms with Gasteiger partial charge in [0.1, 0.15) is 22.8 Å². The van der Waals surface area contributed by atoms with E-state index in [0.29, 0.717) is 16.3 Å². The van der Waals surface area contributed by atoms with Gasteiger partial charge in [0.2, 0.25) is 5.91 Å². The lowest BCUT2D eigenvalue weighted by molar-refractivity contribution is -0.119. The average Bonchev–Trinajstić information content (AvgIpc) is 3.14. The number of aryl methyl sites for hydroxylation is 2. The standard InChI is InChI=1S/C17H18F2N4OS/c1-9-7-13(15(18)19)22-23(9)10(2)16(24)21-17-12(8-20)11-5-3-4-6-14(11)25-17/h7,10,15H,3-6H2,1-2H3,(H,21,24). The smallest absolute Gasteiger partial charge is 0.282 e. The van der Waals surface area contributed by atoms with Crippen molar-refractivity contribution in [2.75, 3.05) is 5.32 Å². The van der Waals surface area contributed by atoms with Gasteiger partial charge in [-0.05, 0) is 51.2 Å². The van der Waals surface area contributed by atoms with Crippen molar-refractivity contribution in [2.24, 2.45) is 0 Å². The Morgan fingerprint density at radius 3 is 2.80 bits per heavy atom. The Kier molecular flexibility index (Phi) is 4.86. The molecule has 2 heterocycles. The number of anilines is 1. The molecule has 0 bridgehead atoms. The van der Waals surface area contributed by atoms with E-state index < -0.39 is 12.5 Å². The van der Waals surface area contributed by atoms with Crippen LogP contribution in [0.4, 0.5) is 13.8 Å². The molecule has 1 amide bonds. The lowest BCUT2D eigenvalue weighted by Crippen LogP contribution is -2.25. The zero-order chi connectivity index (χ0) is 18.1. The van der Waals surface area contributed by atoms with Crippen molar-refractivity contribution < 1.29 is 13.6 Å². The molecule has 1 aliphatic rings. The topological polar surface area (TPSA) is 70.7 Å². The van der Waals surface area contributed by atoms with Crippen molar-refractivity contribution in [3.05, 3.63) is 33.5 Å². The number of nitriles is 1. The first kappa shape index (κ1) is 17.5. The molecule has 0 saturated heterocycles. The lowest BCUT2D eigenvalue weighted by Gasteiger charge is -2.14. The molecule has 0 aromatic carbocycles. The Labute approximate surface area is 148 Å². The molecule has 25 heavy (non-hydrogen) atoms. The number of hydrogen-bond acceptors (Lipinski definition) is 4. The maximum absolute atomic E-state index is 12.8. The number of rotatable bonds is 4. The molecule has 0 spiro atoms. The van der Waals surface area contributed by atoms with Crippen molar-refractivity contribution in [1.82, 2.24) is 9.78 Å². The molecule has 0 saturated carbocycles. The highest BCUT2D eigenvalue weighted by Gasteiger charge is 2.25. The molecule has 2 aromatic heterocycles. The molecule has 3 rings (SSSR count). The fourth-order valence-electron chi connectivity index (χ4n) is 3.11. The van der Waals surface area contributed by atoms with E-state index >= 15 is 0 Å². The third kappa shape index (κ3) is 3.29. The van der Waals surface area contributed by atoms with Crippen LogP contribution in [0, 0.1) is 18.3 Å². The Hall–Kier alpha value is -2.27. The summed E-state index contributed by atoms with van der Waals surface area (Å²) in [7, 11) is 0. The van der Waals surface area contributed by atoms with Crippen molar-refractivity contribution in [3.63, 3.8) is 0 Å². The van der Waals surface area contributed by atoms with Crippen molar-refractivity contribution >= 4 is 22.2 Å². The molecule has 5 nitrogen and oxygen atoms in total. The molecule has 132 valence electrons. The molecule has 8 heteroatoms. The van der Waals surface area contributed by atoms with Crippen LogP contribution < -0.4 is 5.32 Å². The zero-order valence-electron chi connectivity index (χ0n) is 14.0. The molecular formula is C17H18F2N4OS. The first-order valence-corrected chi connectivity index (χ1v) is 8.93. The number of fused-ring (bicyclic) bond motifs is 1. The number of aromatic nitrogens is 2. The van der Waals surface area contributed by atoms with Gasteiger partial charge in [0, 0.05) is 10.6 Å². The van der Waals surface area contributed by atoms with Crippen LogP contribution in [0.2, 0.25) is 0 Å². The third-order valence-electron chi connectivity index (χ3n) is 4.43. The predicted octanol–water partition coefficient (Wildman–Crippen LogP) is 4.14. The van der Waals surface area contributed by atoms with E-state index in [1.54, 1.807) is 13.8 Å². The Morgan fingerprint density at radius 1 is 1.44 bits per heavy atom. The number of alkyl halides is 2. The van der Waals surface area contributed by atoms with Gasteiger partial charge in [-0.15, -0.1) is 11.3 Å². The van der Waals surface area contributed by atoms with Crippen LogP contribution in [0.15, 0.2) is 6.07 Å². The highest BCUT2D eigenvalue weighted by Crippen LogP contribution is 2.38. The second-order valence-electron chi connectivity index (χ2n) is 6.15. The number of halogens is 2. The van der Waals surface area contributed by atoms with Crippen LogP contribution in [0.1, 0.15) is 59.6 Å². The Bertz CT molecular complexity index is 850. The van der Waals surface area contributed by atoms with Gasteiger partial charge >= 0.3 is 0 Å². The van der Waals surface area contributed by atoms with Crippen LogP contribution in [0.5, 0.6) is 0 Å². The van der Waals surface area contributed by atoms with E-state index in [9.17, 15) is 18.8 Å². The number of hydrogen-bond donors (Lipinski definition) is 1. The summed E-state index contributed by atoms with van der Waals surface area (Å²) in [6.07, 6.45) is 1.24.